The van der Waals surface area contributed by atoms with Crippen molar-refractivity contribution in [1.82, 2.24) is 15.0 Å². The van der Waals surface area contributed by atoms with Crippen molar-refractivity contribution in [3.63, 3.8) is 0 Å². The molecule has 1 unspecified atom stereocenters. The molecule has 3 heterocycles. The average Bonchev–Trinajstić information content (AvgIpc) is 2.54. The molecule has 0 spiro atoms. The first-order chi connectivity index (χ1) is 10.3. The second-order valence-corrected chi connectivity index (χ2v) is 5.46. The first-order valence-electron chi connectivity index (χ1n) is 7.37. The number of hydrogen-bond acceptors (Lipinski definition) is 5. The second kappa shape index (κ2) is 6.52. The molecule has 0 saturated carbocycles. The van der Waals surface area contributed by atoms with Crippen LogP contribution in [-0.4, -0.2) is 34.6 Å². The number of nitrogens with zero attached hydrogens (tertiary/aromatic N) is 4. The van der Waals surface area contributed by atoms with Crippen LogP contribution in [-0.2, 0) is 0 Å². The highest BCUT2D eigenvalue weighted by atomic mass is 16.5. The van der Waals surface area contributed by atoms with E-state index in [-0.39, 0.29) is 0 Å². The van der Waals surface area contributed by atoms with E-state index < -0.39 is 0 Å². The predicted molar refractivity (Wildman–Crippen MR) is 81.4 cm³/mol. The monoisotopic (exact) mass is 284 g/mol. The largest absolute Gasteiger partial charge is 0.493 e. The van der Waals surface area contributed by atoms with E-state index in [0.29, 0.717) is 5.92 Å². The SMILES string of the molecule is Cc1cc(OCC2CCCN(c3cnccn3)C2)ccn1. The summed E-state index contributed by atoms with van der Waals surface area (Å²) in [6.07, 6.45) is 9.43. The van der Waals surface area contributed by atoms with Crippen LogP contribution in [0.25, 0.3) is 0 Å². The summed E-state index contributed by atoms with van der Waals surface area (Å²) >= 11 is 0. The minimum atomic E-state index is 0.522. The highest BCUT2D eigenvalue weighted by Gasteiger charge is 2.21. The fourth-order valence-corrected chi connectivity index (χ4v) is 2.69. The Balaban J connectivity index is 1.57. The van der Waals surface area contributed by atoms with E-state index in [0.717, 1.165) is 37.0 Å². The van der Waals surface area contributed by atoms with Gasteiger partial charge in [0.1, 0.15) is 11.6 Å². The molecule has 1 aliphatic heterocycles. The van der Waals surface area contributed by atoms with E-state index in [1.54, 1.807) is 18.6 Å². The van der Waals surface area contributed by atoms with Crippen molar-refractivity contribution in [3.8, 4) is 5.75 Å². The maximum Gasteiger partial charge on any atom is 0.147 e. The van der Waals surface area contributed by atoms with Crippen LogP contribution < -0.4 is 9.64 Å². The summed E-state index contributed by atoms with van der Waals surface area (Å²) in [4.78, 5) is 15.0. The van der Waals surface area contributed by atoms with Gasteiger partial charge in [0.2, 0.25) is 0 Å². The van der Waals surface area contributed by atoms with Gasteiger partial charge in [0.05, 0.1) is 12.8 Å². The van der Waals surface area contributed by atoms with Crippen LogP contribution in [0.15, 0.2) is 36.9 Å². The summed E-state index contributed by atoms with van der Waals surface area (Å²) in [5.41, 5.74) is 0.984. The fourth-order valence-electron chi connectivity index (χ4n) is 2.69. The van der Waals surface area contributed by atoms with Gasteiger partial charge in [0.15, 0.2) is 0 Å². The highest BCUT2D eigenvalue weighted by molar-refractivity contribution is 5.35. The average molecular weight is 284 g/mol. The van der Waals surface area contributed by atoms with Gasteiger partial charge in [-0.05, 0) is 25.8 Å². The standard InChI is InChI=1S/C16H20N4O/c1-13-9-15(4-5-18-13)21-12-14-3-2-8-20(11-14)16-10-17-6-7-19-16/h4-7,9-10,14H,2-3,8,11-12H2,1H3. The molecular weight excluding hydrogens is 264 g/mol. The Morgan fingerprint density at radius 1 is 1.29 bits per heavy atom. The van der Waals surface area contributed by atoms with Crippen LogP contribution >= 0.6 is 0 Å². The molecule has 110 valence electrons. The van der Waals surface area contributed by atoms with Crippen LogP contribution in [0.2, 0.25) is 0 Å². The molecule has 0 N–H and O–H groups in total. The van der Waals surface area contributed by atoms with Crippen LogP contribution in [0, 0.1) is 12.8 Å². The van der Waals surface area contributed by atoms with E-state index in [1.165, 1.54) is 12.8 Å². The molecule has 5 nitrogen and oxygen atoms in total. The van der Waals surface area contributed by atoms with Crippen molar-refractivity contribution < 1.29 is 4.74 Å². The van der Waals surface area contributed by atoms with Gasteiger partial charge in [-0.1, -0.05) is 0 Å². The smallest absolute Gasteiger partial charge is 0.147 e. The minimum Gasteiger partial charge on any atom is -0.493 e. The first kappa shape index (κ1) is 13.8. The summed E-state index contributed by atoms with van der Waals surface area (Å²) < 4.78 is 5.91. The Kier molecular flexibility index (Phi) is 4.28. The van der Waals surface area contributed by atoms with Crippen molar-refractivity contribution >= 4 is 5.82 Å². The Bertz CT molecular complexity index is 575. The van der Waals surface area contributed by atoms with Gasteiger partial charge >= 0.3 is 0 Å². The van der Waals surface area contributed by atoms with E-state index in [1.807, 2.05) is 25.3 Å². The molecule has 0 radical (unpaired) electrons. The zero-order valence-electron chi connectivity index (χ0n) is 12.3. The number of piperidine rings is 1. The summed E-state index contributed by atoms with van der Waals surface area (Å²) in [5, 5.41) is 0. The number of aryl methyl sites for hydroxylation is 1. The normalized spacial score (nSPS) is 18.5. The Morgan fingerprint density at radius 3 is 3.05 bits per heavy atom. The number of aromatic nitrogens is 3. The van der Waals surface area contributed by atoms with Crippen molar-refractivity contribution in [2.45, 2.75) is 19.8 Å². The Hall–Kier alpha value is -2.17. The van der Waals surface area contributed by atoms with Gasteiger partial charge in [-0.15, -0.1) is 0 Å². The van der Waals surface area contributed by atoms with Gasteiger partial charge in [0.25, 0.3) is 0 Å². The van der Waals surface area contributed by atoms with Crippen molar-refractivity contribution in [2.75, 3.05) is 24.6 Å². The van der Waals surface area contributed by atoms with Crippen molar-refractivity contribution in [1.29, 1.82) is 0 Å². The molecule has 0 aliphatic carbocycles. The van der Waals surface area contributed by atoms with Gasteiger partial charge in [-0.2, -0.15) is 0 Å². The third-order valence-corrected chi connectivity index (χ3v) is 3.75. The summed E-state index contributed by atoms with van der Waals surface area (Å²) in [6.45, 7) is 4.73. The zero-order chi connectivity index (χ0) is 14.5. The number of pyridine rings is 1. The topological polar surface area (TPSA) is 51.1 Å². The van der Waals surface area contributed by atoms with Gasteiger partial charge in [-0.25, -0.2) is 4.98 Å². The third kappa shape index (κ3) is 3.68. The van der Waals surface area contributed by atoms with Crippen molar-refractivity contribution in [2.24, 2.45) is 5.92 Å². The number of rotatable bonds is 4. The first-order valence-corrected chi connectivity index (χ1v) is 7.37. The van der Waals surface area contributed by atoms with E-state index in [9.17, 15) is 0 Å². The van der Waals surface area contributed by atoms with Crippen LogP contribution in [0.3, 0.4) is 0 Å². The quantitative estimate of drug-likeness (QED) is 0.863. The molecule has 2 aromatic rings. The maximum absolute atomic E-state index is 5.91. The lowest BCUT2D eigenvalue weighted by atomic mass is 9.99. The molecule has 0 bridgehead atoms. The van der Waals surface area contributed by atoms with Gasteiger partial charge in [-0.3, -0.25) is 9.97 Å². The molecule has 1 aliphatic rings. The van der Waals surface area contributed by atoms with Crippen LogP contribution in [0.1, 0.15) is 18.5 Å². The predicted octanol–water partition coefficient (Wildman–Crippen LogP) is 2.48. The molecule has 1 saturated heterocycles. The van der Waals surface area contributed by atoms with E-state index >= 15 is 0 Å². The third-order valence-electron chi connectivity index (χ3n) is 3.75. The zero-order valence-corrected chi connectivity index (χ0v) is 12.3. The molecule has 0 aromatic carbocycles. The maximum atomic E-state index is 5.91. The highest BCUT2D eigenvalue weighted by Crippen LogP contribution is 2.22. The molecule has 2 aromatic heterocycles. The Morgan fingerprint density at radius 2 is 2.24 bits per heavy atom. The lowest BCUT2D eigenvalue weighted by Crippen LogP contribution is -2.38. The van der Waals surface area contributed by atoms with Gasteiger partial charge in [0, 0.05) is 49.4 Å². The molecule has 3 rings (SSSR count). The molecular formula is C16H20N4O. The number of anilines is 1. The van der Waals surface area contributed by atoms with E-state index in [2.05, 4.69) is 19.9 Å². The summed E-state index contributed by atoms with van der Waals surface area (Å²) in [6, 6.07) is 3.89. The summed E-state index contributed by atoms with van der Waals surface area (Å²) in [5.74, 6) is 2.38. The Labute approximate surface area is 125 Å². The lowest BCUT2D eigenvalue weighted by Gasteiger charge is -2.33. The minimum absolute atomic E-state index is 0.522. The molecule has 1 fully saturated rings. The lowest BCUT2D eigenvalue weighted by molar-refractivity contribution is 0.228. The van der Waals surface area contributed by atoms with E-state index in [4.69, 9.17) is 4.74 Å². The van der Waals surface area contributed by atoms with Crippen LogP contribution in [0.5, 0.6) is 5.75 Å². The number of ether oxygens (including phenoxy) is 1. The fraction of sp³-hybridized carbons (Fsp3) is 0.438. The molecule has 21 heavy (non-hydrogen) atoms. The van der Waals surface area contributed by atoms with Crippen LogP contribution in [0.4, 0.5) is 5.82 Å². The molecule has 0 amide bonds. The molecule has 5 heteroatoms. The number of hydrogen-bond donors (Lipinski definition) is 0. The summed E-state index contributed by atoms with van der Waals surface area (Å²) in [7, 11) is 0. The van der Waals surface area contributed by atoms with Crippen molar-refractivity contribution in [3.05, 3.63) is 42.6 Å². The second-order valence-electron chi connectivity index (χ2n) is 5.46. The molecule has 1 atom stereocenters. The van der Waals surface area contributed by atoms with Gasteiger partial charge < -0.3 is 9.64 Å².